The van der Waals surface area contributed by atoms with Gasteiger partial charge in [0.05, 0.1) is 24.7 Å². The molecule has 1 saturated carbocycles. The minimum Gasteiger partial charge on any atom is -0.455 e. The second-order valence-corrected chi connectivity index (χ2v) is 13.0. The highest BCUT2D eigenvalue weighted by atomic mass is 16.6. The number of rotatable bonds is 7. The van der Waals surface area contributed by atoms with Crippen LogP contribution < -0.4 is 5.32 Å². The summed E-state index contributed by atoms with van der Waals surface area (Å²) in [5, 5.41) is 12.7. The number of cyclic esters (lactones) is 1. The van der Waals surface area contributed by atoms with E-state index in [2.05, 4.69) is 5.32 Å². The summed E-state index contributed by atoms with van der Waals surface area (Å²) in [7, 11) is 1.52. The summed E-state index contributed by atoms with van der Waals surface area (Å²) < 4.78 is 18.5. The third-order valence-corrected chi connectivity index (χ3v) is 10.2. The molecule has 0 radical (unpaired) electrons. The van der Waals surface area contributed by atoms with E-state index >= 15 is 0 Å². The molecule has 1 aliphatic carbocycles. The predicted octanol–water partition coefficient (Wildman–Crippen LogP) is 2.45. The van der Waals surface area contributed by atoms with Crippen LogP contribution in [-0.2, 0) is 33.4 Å². The van der Waals surface area contributed by atoms with Crippen LogP contribution in [0.5, 0.6) is 0 Å². The molecule has 11 heteroatoms. The predicted molar refractivity (Wildman–Crippen MR) is 167 cm³/mol. The number of carbonyl (C=O) groups is 4. The van der Waals surface area contributed by atoms with Crippen molar-refractivity contribution < 1.29 is 38.5 Å². The van der Waals surface area contributed by atoms with Crippen LogP contribution in [-0.4, -0.2) is 102 Å². The molecule has 1 spiro atoms. The van der Waals surface area contributed by atoms with E-state index in [0.717, 1.165) is 32.1 Å². The number of methoxy groups -OCH3 is 1. The molecule has 6 rings (SSSR count). The van der Waals surface area contributed by atoms with E-state index in [-0.39, 0.29) is 49.9 Å². The van der Waals surface area contributed by atoms with Crippen molar-refractivity contribution in [1.82, 2.24) is 15.1 Å². The van der Waals surface area contributed by atoms with Gasteiger partial charge in [-0.25, -0.2) is 0 Å². The van der Waals surface area contributed by atoms with Gasteiger partial charge in [0.2, 0.25) is 17.7 Å². The van der Waals surface area contributed by atoms with Gasteiger partial charge in [-0.15, -0.1) is 0 Å². The smallest absolute Gasteiger partial charge is 0.313 e. The maximum Gasteiger partial charge on any atom is 0.313 e. The van der Waals surface area contributed by atoms with Gasteiger partial charge in [0.15, 0.2) is 0 Å². The normalized spacial score (nSPS) is 34.5. The lowest BCUT2D eigenvalue weighted by Gasteiger charge is -2.39. The Balaban J connectivity index is 1.41. The van der Waals surface area contributed by atoms with E-state index in [1.165, 1.54) is 12.0 Å². The minimum absolute atomic E-state index is 0.0729. The van der Waals surface area contributed by atoms with E-state index in [1.54, 1.807) is 12.2 Å². The van der Waals surface area contributed by atoms with Crippen molar-refractivity contribution in [3.05, 3.63) is 60.2 Å². The third-order valence-electron chi connectivity index (χ3n) is 10.2. The average Bonchev–Trinajstić information content (AvgIpc) is 3.45. The summed E-state index contributed by atoms with van der Waals surface area (Å²) in [6.07, 6.45) is 11.5. The van der Waals surface area contributed by atoms with E-state index in [9.17, 15) is 24.3 Å². The molecule has 0 unspecified atom stereocenters. The molecule has 2 saturated heterocycles. The Hall–Kier alpha value is -3.54. The molecule has 4 aliphatic heterocycles. The molecule has 3 fully saturated rings. The highest BCUT2D eigenvalue weighted by molar-refractivity contribution is 5.99. The van der Waals surface area contributed by atoms with E-state index in [1.807, 2.05) is 47.4 Å². The number of aliphatic hydroxyl groups is 1. The van der Waals surface area contributed by atoms with Crippen molar-refractivity contribution >= 4 is 23.7 Å². The van der Waals surface area contributed by atoms with Crippen molar-refractivity contribution in [2.45, 2.75) is 87.3 Å². The summed E-state index contributed by atoms with van der Waals surface area (Å²) in [5.41, 5.74) is -0.724. The fourth-order valence-corrected chi connectivity index (χ4v) is 8.11. The molecule has 0 bridgehead atoms. The van der Waals surface area contributed by atoms with Gasteiger partial charge >= 0.3 is 5.97 Å². The number of nitrogens with one attached hydrogen (secondary N) is 1. The van der Waals surface area contributed by atoms with Crippen LogP contribution in [0.4, 0.5) is 0 Å². The summed E-state index contributed by atoms with van der Waals surface area (Å²) in [4.78, 5) is 59.8. The van der Waals surface area contributed by atoms with Crippen molar-refractivity contribution in [2.24, 2.45) is 11.8 Å². The number of fused-ring (bicyclic) bond motifs is 2. The molecular weight excluding hydrogens is 590 g/mol. The minimum atomic E-state index is -1.39. The Bertz CT molecular complexity index is 1340. The lowest BCUT2D eigenvalue weighted by atomic mass is 9.77. The van der Waals surface area contributed by atoms with Gasteiger partial charge in [-0.05, 0) is 31.2 Å². The number of aliphatic hydroxyl groups excluding tert-OH is 1. The Labute approximate surface area is 269 Å². The van der Waals surface area contributed by atoms with Gasteiger partial charge in [-0.1, -0.05) is 73.9 Å². The molecule has 4 heterocycles. The summed E-state index contributed by atoms with van der Waals surface area (Å²) in [5.74, 6) is -3.46. The van der Waals surface area contributed by atoms with Gasteiger partial charge < -0.3 is 34.4 Å². The molecule has 2 N–H and O–H groups in total. The van der Waals surface area contributed by atoms with E-state index in [4.69, 9.17) is 14.2 Å². The van der Waals surface area contributed by atoms with Gasteiger partial charge in [0, 0.05) is 39.3 Å². The SMILES string of the molecule is COC[C@@H]1NC(=O)CC/C=C\[C@@H]2O[C@@]34C=CCN(C5CCCCC5)C(=O)[C@@H]3N(CCCO)C(=O)[C@H]4[C@@H]2C(=O)O[C@H]1c1ccccc1. The van der Waals surface area contributed by atoms with Crippen LogP contribution >= 0.6 is 0 Å². The fraction of sp³-hybridized carbons (Fsp3) is 0.600. The molecule has 46 heavy (non-hydrogen) atoms. The largest absolute Gasteiger partial charge is 0.455 e. The molecule has 3 amide bonds. The zero-order valence-electron chi connectivity index (χ0n) is 26.4. The van der Waals surface area contributed by atoms with Crippen LogP contribution in [0.3, 0.4) is 0 Å². The number of nitrogens with zero attached hydrogens (tertiary/aromatic N) is 2. The van der Waals surface area contributed by atoms with Gasteiger partial charge in [0.1, 0.15) is 23.7 Å². The first-order valence-electron chi connectivity index (χ1n) is 16.7. The maximum atomic E-state index is 14.6. The summed E-state index contributed by atoms with van der Waals surface area (Å²) in [6, 6.07) is 7.57. The van der Waals surface area contributed by atoms with Crippen LogP contribution in [0.15, 0.2) is 54.6 Å². The maximum absolute atomic E-state index is 14.6. The van der Waals surface area contributed by atoms with Crippen molar-refractivity contribution in [2.75, 3.05) is 33.4 Å². The van der Waals surface area contributed by atoms with Crippen LogP contribution in [0.2, 0.25) is 0 Å². The fourth-order valence-electron chi connectivity index (χ4n) is 8.11. The molecule has 1 aromatic carbocycles. The molecule has 7 atom stereocenters. The van der Waals surface area contributed by atoms with Crippen LogP contribution in [0, 0.1) is 11.8 Å². The Morgan fingerprint density at radius 3 is 2.57 bits per heavy atom. The number of allylic oxidation sites excluding steroid dienone is 1. The number of benzene rings is 1. The average molecular weight is 636 g/mol. The summed E-state index contributed by atoms with van der Waals surface area (Å²) >= 11 is 0. The molecule has 5 aliphatic rings. The highest BCUT2D eigenvalue weighted by Gasteiger charge is 2.72. The zero-order chi connectivity index (χ0) is 32.3. The van der Waals surface area contributed by atoms with Crippen molar-refractivity contribution in [3.63, 3.8) is 0 Å². The number of likely N-dealkylation sites (tertiary alicyclic amines) is 1. The van der Waals surface area contributed by atoms with E-state index in [0.29, 0.717) is 24.9 Å². The van der Waals surface area contributed by atoms with Crippen LogP contribution in [0.1, 0.15) is 63.0 Å². The number of amides is 3. The quantitative estimate of drug-likeness (QED) is 0.345. The number of hydrogen-bond acceptors (Lipinski definition) is 8. The van der Waals surface area contributed by atoms with Gasteiger partial charge in [0.25, 0.3) is 0 Å². The standard InChI is InChI=1S/C35H45N3O8/c1-44-22-25-30(23-12-4-2-5-13-23)45-34(43)28-26(16-8-9-17-27(40)36-25)46-35-18-10-19-37(24-14-6-3-7-15-24)33(42)31(35)38(20-11-21-39)32(41)29(28)35/h2,4-5,8,10,12-13,16,18,24-26,28-31,39H,3,6-7,9,11,14-15,17,19-22H2,1H3,(H,36,40)/b16-8-/t25-,26-,28+,29+,30-,31-,35+/m0/s1. The number of carbonyl (C=O) groups excluding carboxylic acids is 4. The Kier molecular flexibility index (Phi) is 9.91. The second-order valence-electron chi connectivity index (χ2n) is 13.0. The topological polar surface area (TPSA) is 135 Å². The van der Waals surface area contributed by atoms with E-state index < -0.39 is 47.7 Å². The molecule has 248 valence electrons. The van der Waals surface area contributed by atoms with Gasteiger partial charge in [-0.2, -0.15) is 0 Å². The first-order valence-corrected chi connectivity index (χ1v) is 16.7. The number of esters is 1. The molecule has 11 nitrogen and oxygen atoms in total. The van der Waals surface area contributed by atoms with Crippen LogP contribution in [0.25, 0.3) is 0 Å². The summed E-state index contributed by atoms with van der Waals surface area (Å²) in [6.45, 7) is 0.513. The third kappa shape index (κ3) is 6.00. The molecule has 1 aromatic rings. The first kappa shape index (κ1) is 32.4. The molecule has 0 aromatic heterocycles. The second kappa shape index (κ2) is 14.1. The Morgan fingerprint density at radius 2 is 1.83 bits per heavy atom. The van der Waals surface area contributed by atoms with Gasteiger partial charge in [-0.3, -0.25) is 19.2 Å². The lowest BCUT2D eigenvalue weighted by molar-refractivity contribution is -0.162. The number of hydrogen-bond donors (Lipinski definition) is 2. The highest BCUT2D eigenvalue weighted by Crippen LogP contribution is 2.53. The Morgan fingerprint density at radius 1 is 1.04 bits per heavy atom. The molecular formula is C35H45N3O8. The number of ether oxygens (including phenoxy) is 3. The monoisotopic (exact) mass is 635 g/mol. The first-order chi connectivity index (χ1) is 22.4. The zero-order valence-corrected chi connectivity index (χ0v) is 26.4. The lowest BCUT2D eigenvalue weighted by Crippen LogP contribution is -2.57. The van der Waals surface area contributed by atoms with Crippen molar-refractivity contribution in [3.8, 4) is 0 Å². The van der Waals surface area contributed by atoms with Crippen molar-refractivity contribution in [1.29, 1.82) is 0 Å².